The quantitative estimate of drug-likeness (QED) is 0.614. The maximum atomic E-state index is 13.7. The van der Waals surface area contributed by atoms with Crippen LogP contribution in [0.1, 0.15) is 19.4 Å². The molecule has 28 heavy (non-hydrogen) atoms. The first-order valence-electron chi connectivity index (χ1n) is 8.07. The van der Waals surface area contributed by atoms with Crippen molar-refractivity contribution in [3.05, 3.63) is 48.0 Å². The topological polar surface area (TPSA) is 98.1 Å². The lowest BCUT2D eigenvalue weighted by Gasteiger charge is -2.31. The molecule has 3 N–H and O–H groups in total. The number of carbonyl (C=O) groups is 1. The van der Waals surface area contributed by atoms with Gasteiger partial charge in [0.1, 0.15) is 11.8 Å². The fourth-order valence-corrected chi connectivity index (χ4v) is 3.63. The molecule has 0 spiro atoms. The monoisotopic (exact) mass is 417 g/mol. The summed E-state index contributed by atoms with van der Waals surface area (Å²) in [6, 6.07) is 6.84. The molecule has 2 unspecified atom stereocenters. The first-order valence-corrected chi connectivity index (χ1v) is 9.13. The lowest BCUT2D eigenvalue weighted by molar-refractivity contribution is -0.140. The van der Waals surface area contributed by atoms with E-state index in [1.165, 1.54) is 44.2 Å². The number of carboxylic acids is 1. The Morgan fingerprint density at radius 2 is 1.61 bits per heavy atom. The fraction of sp³-hybridized carbons (Fsp3) is 0.278. The molecular formula is C18H18F3NO5S. The molecule has 0 aromatic heterocycles. The SMILES string of the molecule is CC(C)C(C(=O)O)N(c1ccc(-c2ccc(O)cc2)cc1C(F)(F)F)S(=O)O. The second-order valence-corrected chi connectivity index (χ2v) is 7.22. The molecule has 0 radical (unpaired) electrons. The van der Waals surface area contributed by atoms with E-state index in [0.717, 1.165) is 12.1 Å². The van der Waals surface area contributed by atoms with E-state index in [2.05, 4.69) is 0 Å². The van der Waals surface area contributed by atoms with Crippen LogP contribution in [-0.4, -0.2) is 31.0 Å². The Morgan fingerprint density at radius 3 is 2.04 bits per heavy atom. The minimum Gasteiger partial charge on any atom is -0.508 e. The van der Waals surface area contributed by atoms with E-state index in [4.69, 9.17) is 0 Å². The summed E-state index contributed by atoms with van der Waals surface area (Å²) in [5, 5.41) is 18.7. The Kier molecular flexibility index (Phi) is 6.35. The van der Waals surface area contributed by atoms with Crippen LogP contribution in [0.3, 0.4) is 0 Å². The number of anilines is 1. The summed E-state index contributed by atoms with van der Waals surface area (Å²) in [7, 11) is 0. The van der Waals surface area contributed by atoms with E-state index >= 15 is 0 Å². The van der Waals surface area contributed by atoms with Crippen molar-refractivity contribution in [3.63, 3.8) is 0 Å². The van der Waals surface area contributed by atoms with Gasteiger partial charge in [0, 0.05) is 0 Å². The summed E-state index contributed by atoms with van der Waals surface area (Å²) in [5.74, 6) is -2.32. The van der Waals surface area contributed by atoms with Gasteiger partial charge in [0.25, 0.3) is 11.3 Å². The zero-order valence-electron chi connectivity index (χ0n) is 14.8. The van der Waals surface area contributed by atoms with E-state index in [-0.39, 0.29) is 11.3 Å². The zero-order chi connectivity index (χ0) is 21.2. The summed E-state index contributed by atoms with van der Waals surface area (Å²) in [6.07, 6.45) is -4.90. The molecule has 0 fully saturated rings. The minimum absolute atomic E-state index is 0.0560. The standard InChI is InChI=1S/C18H18F3NO5S/c1-10(2)16(17(24)25)22(28(26)27)15-8-5-12(9-14(15)18(19,20)21)11-3-6-13(23)7-4-11/h3-10,16,23H,1-2H3,(H,24,25)(H,26,27). The van der Waals surface area contributed by atoms with Crippen molar-refractivity contribution in [2.75, 3.05) is 4.31 Å². The molecule has 2 aromatic rings. The fourth-order valence-electron chi connectivity index (χ4n) is 2.78. The number of aromatic hydroxyl groups is 1. The number of halogens is 3. The average molecular weight is 417 g/mol. The van der Waals surface area contributed by atoms with Crippen LogP contribution < -0.4 is 4.31 Å². The molecule has 0 saturated heterocycles. The number of phenols is 1. The summed E-state index contributed by atoms with van der Waals surface area (Å²) >= 11 is -3.01. The third-order valence-electron chi connectivity index (χ3n) is 4.05. The second kappa shape index (κ2) is 8.19. The van der Waals surface area contributed by atoms with Crippen LogP contribution >= 0.6 is 0 Å². The van der Waals surface area contributed by atoms with Gasteiger partial charge < -0.3 is 10.2 Å². The smallest absolute Gasteiger partial charge is 0.418 e. The number of aliphatic carboxylic acids is 1. The average Bonchev–Trinajstić information content (AvgIpc) is 2.58. The van der Waals surface area contributed by atoms with Crippen LogP contribution in [0.5, 0.6) is 5.75 Å². The van der Waals surface area contributed by atoms with Gasteiger partial charge >= 0.3 is 12.1 Å². The summed E-state index contributed by atoms with van der Waals surface area (Å²) in [6.45, 7) is 2.85. The number of carboxylic acid groups (broad SMARTS) is 1. The Hall–Kier alpha value is -2.59. The Morgan fingerprint density at radius 1 is 1.07 bits per heavy atom. The van der Waals surface area contributed by atoms with Gasteiger partial charge in [0.15, 0.2) is 0 Å². The van der Waals surface area contributed by atoms with Crippen LogP contribution in [0.25, 0.3) is 11.1 Å². The summed E-state index contributed by atoms with van der Waals surface area (Å²) in [4.78, 5) is 11.5. The predicted molar refractivity (Wildman–Crippen MR) is 98.1 cm³/mol. The van der Waals surface area contributed by atoms with Gasteiger partial charge in [-0.25, -0.2) is 9.00 Å². The molecule has 0 heterocycles. The van der Waals surface area contributed by atoms with Crippen molar-refractivity contribution in [2.24, 2.45) is 5.92 Å². The Balaban J connectivity index is 2.69. The lowest BCUT2D eigenvalue weighted by atomic mass is 9.99. The summed E-state index contributed by atoms with van der Waals surface area (Å²) < 4.78 is 62.8. The van der Waals surface area contributed by atoms with Crippen molar-refractivity contribution in [1.82, 2.24) is 0 Å². The highest BCUT2D eigenvalue weighted by Crippen LogP contribution is 2.41. The molecule has 6 nitrogen and oxygen atoms in total. The van der Waals surface area contributed by atoms with Gasteiger partial charge in [-0.05, 0) is 41.3 Å². The number of rotatable bonds is 6. The molecule has 10 heteroatoms. The lowest BCUT2D eigenvalue weighted by Crippen LogP contribution is -2.46. The molecule has 0 aliphatic heterocycles. The molecule has 0 saturated carbocycles. The zero-order valence-corrected chi connectivity index (χ0v) is 15.7. The van der Waals surface area contributed by atoms with Crippen LogP contribution in [0, 0.1) is 5.92 Å². The van der Waals surface area contributed by atoms with Crippen molar-refractivity contribution in [1.29, 1.82) is 0 Å². The normalized spacial score (nSPS) is 14.0. The van der Waals surface area contributed by atoms with Gasteiger partial charge in [0.2, 0.25) is 0 Å². The van der Waals surface area contributed by atoms with E-state index in [0.29, 0.717) is 9.87 Å². The molecular weight excluding hydrogens is 399 g/mol. The van der Waals surface area contributed by atoms with Crippen molar-refractivity contribution in [2.45, 2.75) is 26.1 Å². The molecule has 2 rings (SSSR count). The van der Waals surface area contributed by atoms with Gasteiger partial charge in [0.05, 0.1) is 11.3 Å². The van der Waals surface area contributed by atoms with Gasteiger partial charge in [-0.15, -0.1) is 0 Å². The van der Waals surface area contributed by atoms with Crippen LogP contribution in [0.2, 0.25) is 0 Å². The highest BCUT2D eigenvalue weighted by molar-refractivity contribution is 7.80. The van der Waals surface area contributed by atoms with Crippen LogP contribution in [-0.2, 0) is 22.2 Å². The first kappa shape index (κ1) is 21.7. The third-order valence-corrected chi connectivity index (χ3v) is 4.81. The van der Waals surface area contributed by atoms with Gasteiger partial charge in [-0.3, -0.25) is 8.86 Å². The van der Waals surface area contributed by atoms with E-state index in [9.17, 15) is 36.9 Å². The first-order chi connectivity index (χ1) is 12.9. The Labute approximate surface area is 161 Å². The number of nitrogens with zero attached hydrogens (tertiary/aromatic N) is 1. The minimum atomic E-state index is -4.90. The number of alkyl halides is 3. The maximum absolute atomic E-state index is 13.7. The molecule has 0 amide bonds. The molecule has 152 valence electrons. The Bertz CT molecular complexity index is 884. The van der Waals surface area contributed by atoms with Crippen LogP contribution in [0.15, 0.2) is 42.5 Å². The number of hydrogen-bond acceptors (Lipinski definition) is 3. The third kappa shape index (κ3) is 4.63. The van der Waals surface area contributed by atoms with E-state index in [1.54, 1.807) is 0 Å². The highest BCUT2D eigenvalue weighted by atomic mass is 32.2. The number of phenolic OH excluding ortho intramolecular Hbond substituents is 1. The second-order valence-electron chi connectivity index (χ2n) is 6.36. The number of benzene rings is 2. The van der Waals surface area contributed by atoms with Crippen LogP contribution in [0.4, 0.5) is 18.9 Å². The van der Waals surface area contributed by atoms with Gasteiger partial charge in [-0.2, -0.15) is 13.2 Å². The molecule has 0 aliphatic carbocycles. The van der Waals surface area contributed by atoms with Crippen molar-refractivity contribution < 1.29 is 36.9 Å². The maximum Gasteiger partial charge on any atom is 0.418 e. The summed E-state index contributed by atoms with van der Waals surface area (Å²) in [5.41, 5.74) is -1.43. The largest absolute Gasteiger partial charge is 0.508 e. The molecule has 2 aromatic carbocycles. The van der Waals surface area contributed by atoms with Gasteiger partial charge in [-0.1, -0.05) is 32.0 Å². The van der Waals surface area contributed by atoms with Crippen molar-refractivity contribution >= 4 is 22.9 Å². The predicted octanol–water partition coefficient (Wildman–Crippen LogP) is 4.13. The highest BCUT2D eigenvalue weighted by Gasteiger charge is 2.40. The molecule has 2 atom stereocenters. The van der Waals surface area contributed by atoms with E-state index < -0.39 is 46.6 Å². The van der Waals surface area contributed by atoms with E-state index in [1.807, 2.05) is 0 Å². The van der Waals surface area contributed by atoms with Crippen molar-refractivity contribution in [3.8, 4) is 16.9 Å². The molecule has 0 aliphatic rings. The number of hydrogen-bond donors (Lipinski definition) is 3. The molecule has 0 bridgehead atoms.